The number of ether oxygens (including phenoxy) is 1. The lowest BCUT2D eigenvalue weighted by Crippen LogP contribution is -2.32. The number of hydrogen-bond donors (Lipinski definition) is 1. The zero-order valence-corrected chi connectivity index (χ0v) is 14.7. The maximum absolute atomic E-state index is 12.5. The molecule has 1 unspecified atom stereocenters. The molecule has 3 rings (SSSR count). The molecular formula is C17H16N2O6S. The van der Waals surface area contributed by atoms with Crippen LogP contribution in [0.3, 0.4) is 0 Å². The fourth-order valence-corrected chi connectivity index (χ4v) is 3.68. The normalized spacial score (nSPS) is 16.3. The van der Waals surface area contributed by atoms with Gasteiger partial charge in [0.2, 0.25) is 0 Å². The highest BCUT2D eigenvalue weighted by Gasteiger charge is 2.26. The summed E-state index contributed by atoms with van der Waals surface area (Å²) in [6.07, 6.45) is 1.44. The summed E-state index contributed by atoms with van der Waals surface area (Å²) in [5, 5.41) is 14.0. The largest absolute Gasteiger partial charge is 0.493 e. The molecule has 1 aliphatic heterocycles. The van der Waals surface area contributed by atoms with Crippen LogP contribution in [-0.2, 0) is 9.84 Å². The third-order valence-corrected chi connectivity index (χ3v) is 5.23. The summed E-state index contributed by atoms with van der Waals surface area (Å²) in [6, 6.07) is 10.4. The maximum atomic E-state index is 12.5. The van der Waals surface area contributed by atoms with Gasteiger partial charge in [0, 0.05) is 29.9 Å². The first-order valence-electron chi connectivity index (χ1n) is 7.78. The van der Waals surface area contributed by atoms with Gasteiger partial charge in [0.05, 0.1) is 17.6 Å². The number of sulfone groups is 1. The van der Waals surface area contributed by atoms with Crippen LogP contribution in [0.5, 0.6) is 5.75 Å². The molecule has 2 aromatic rings. The number of nitrogens with one attached hydrogen (secondary N) is 1. The van der Waals surface area contributed by atoms with E-state index >= 15 is 0 Å². The topological polar surface area (TPSA) is 116 Å². The highest BCUT2D eigenvalue weighted by molar-refractivity contribution is 7.90. The molecule has 0 aromatic heterocycles. The van der Waals surface area contributed by atoms with E-state index < -0.39 is 31.3 Å². The van der Waals surface area contributed by atoms with Crippen LogP contribution in [0.1, 0.15) is 28.4 Å². The minimum atomic E-state index is -3.78. The zero-order valence-electron chi connectivity index (χ0n) is 13.8. The number of para-hydroxylation sites is 1. The van der Waals surface area contributed by atoms with Crippen molar-refractivity contribution in [1.29, 1.82) is 0 Å². The average molecular weight is 376 g/mol. The molecule has 1 N–H and O–H groups in total. The predicted molar refractivity (Wildman–Crippen MR) is 93.0 cm³/mol. The van der Waals surface area contributed by atoms with Gasteiger partial charge < -0.3 is 10.1 Å². The predicted octanol–water partition coefficient (Wildman–Crippen LogP) is 2.25. The zero-order chi connectivity index (χ0) is 18.9. The molecule has 0 radical (unpaired) electrons. The first-order valence-corrected chi connectivity index (χ1v) is 9.67. The third kappa shape index (κ3) is 3.52. The molecular weight excluding hydrogens is 360 g/mol. The Labute approximate surface area is 149 Å². The molecule has 136 valence electrons. The Balaban J connectivity index is 1.90. The first-order chi connectivity index (χ1) is 12.3. The van der Waals surface area contributed by atoms with E-state index in [0.717, 1.165) is 24.0 Å². The lowest BCUT2D eigenvalue weighted by Gasteiger charge is -2.26. The summed E-state index contributed by atoms with van der Waals surface area (Å²) in [4.78, 5) is 22.5. The second kappa shape index (κ2) is 6.75. The number of rotatable bonds is 4. The fraction of sp³-hybridized carbons (Fsp3) is 0.235. The molecule has 0 saturated heterocycles. The second-order valence-electron chi connectivity index (χ2n) is 5.91. The van der Waals surface area contributed by atoms with Gasteiger partial charge in [-0.1, -0.05) is 18.2 Å². The maximum Gasteiger partial charge on any atom is 0.288 e. The number of carbonyl (C=O) groups excluding carboxylic acids is 1. The van der Waals surface area contributed by atoms with Crippen LogP contribution in [0, 0.1) is 10.1 Å². The van der Waals surface area contributed by atoms with E-state index in [1.54, 1.807) is 6.07 Å². The summed E-state index contributed by atoms with van der Waals surface area (Å²) >= 11 is 0. The number of nitro benzene ring substituents is 1. The molecule has 1 aliphatic rings. The Hall–Kier alpha value is -2.94. The van der Waals surface area contributed by atoms with E-state index in [1.165, 1.54) is 6.07 Å². The lowest BCUT2D eigenvalue weighted by molar-refractivity contribution is -0.387. The van der Waals surface area contributed by atoms with Crippen molar-refractivity contribution >= 4 is 21.4 Å². The van der Waals surface area contributed by atoms with Gasteiger partial charge in [-0.15, -0.1) is 0 Å². The smallest absolute Gasteiger partial charge is 0.288 e. The van der Waals surface area contributed by atoms with Gasteiger partial charge in [0.15, 0.2) is 9.84 Å². The quantitative estimate of drug-likeness (QED) is 0.646. The SMILES string of the molecule is CS(=O)(=O)c1ccc(C(=O)NC2CCOc3ccccc32)cc1[N+](=O)[O-]. The molecule has 0 spiro atoms. The fourth-order valence-electron chi connectivity index (χ4n) is 2.85. The van der Waals surface area contributed by atoms with Crippen molar-refractivity contribution in [2.45, 2.75) is 17.4 Å². The van der Waals surface area contributed by atoms with Crippen molar-refractivity contribution in [2.75, 3.05) is 12.9 Å². The van der Waals surface area contributed by atoms with Crippen molar-refractivity contribution in [3.8, 4) is 5.75 Å². The van der Waals surface area contributed by atoms with Crippen LogP contribution in [0.15, 0.2) is 47.4 Å². The van der Waals surface area contributed by atoms with Crippen LogP contribution in [-0.4, -0.2) is 32.1 Å². The lowest BCUT2D eigenvalue weighted by atomic mass is 10.00. The minimum Gasteiger partial charge on any atom is -0.493 e. The monoisotopic (exact) mass is 376 g/mol. The first kappa shape index (κ1) is 17.9. The Kier molecular flexibility index (Phi) is 4.64. The molecule has 1 heterocycles. The van der Waals surface area contributed by atoms with Crippen molar-refractivity contribution in [3.63, 3.8) is 0 Å². The van der Waals surface area contributed by atoms with E-state index in [9.17, 15) is 23.3 Å². The average Bonchev–Trinajstić information content (AvgIpc) is 2.60. The molecule has 0 bridgehead atoms. The van der Waals surface area contributed by atoms with Crippen LogP contribution in [0.4, 0.5) is 5.69 Å². The van der Waals surface area contributed by atoms with Crippen molar-refractivity contribution in [3.05, 3.63) is 63.7 Å². The molecule has 8 nitrogen and oxygen atoms in total. The van der Waals surface area contributed by atoms with Crippen LogP contribution >= 0.6 is 0 Å². The van der Waals surface area contributed by atoms with E-state index in [0.29, 0.717) is 18.8 Å². The summed E-state index contributed by atoms with van der Waals surface area (Å²) in [5.74, 6) is 0.164. The number of hydrogen-bond acceptors (Lipinski definition) is 6. The van der Waals surface area contributed by atoms with Gasteiger partial charge in [-0.2, -0.15) is 0 Å². The minimum absolute atomic E-state index is 0.0214. The van der Waals surface area contributed by atoms with Gasteiger partial charge in [-0.25, -0.2) is 8.42 Å². The highest BCUT2D eigenvalue weighted by atomic mass is 32.2. The molecule has 1 amide bonds. The molecule has 9 heteroatoms. The molecule has 0 fully saturated rings. The van der Waals surface area contributed by atoms with E-state index in [4.69, 9.17) is 4.74 Å². The van der Waals surface area contributed by atoms with Crippen LogP contribution in [0.25, 0.3) is 0 Å². The van der Waals surface area contributed by atoms with E-state index in [2.05, 4.69) is 5.32 Å². The van der Waals surface area contributed by atoms with Crippen molar-refractivity contribution < 1.29 is 22.9 Å². The van der Waals surface area contributed by atoms with Gasteiger partial charge in [-0.3, -0.25) is 14.9 Å². The Bertz CT molecular complexity index is 986. The molecule has 26 heavy (non-hydrogen) atoms. The number of amides is 1. The Morgan fingerprint density at radius 3 is 2.69 bits per heavy atom. The van der Waals surface area contributed by atoms with E-state index in [1.807, 2.05) is 18.2 Å². The molecule has 1 atom stereocenters. The molecule has 2 aromatic carbocycles. The van der Waals surface area contributed by atoms with Gasteiger partial charge >= 0.3 is 0 Å². The molecule has 0 aliphatic carbocycles. The molecule has 0 saturated carbocycles. The summed E-state index contributed by atoms with van der Waals surface area (Å²) < 4.78 is 28.9. The van der Waals surface area contributed by atoms with Gasteiger partial charge in [0.1, 0.15) is 10.6 Å². The number of nitrogens with zero attached hydrogens (tertiary/aromatic N) is 1. The Morgan fingerprint density at radius 1 is 1.27 bits per heavy atom. The van der Waals surface area contributed by atoms with Crippen molar-refractivity contribution in [1.82, 2.24) is 5.32 Å². The van der Waals surface area contributed by atoms with Crippen LogP contribution in [0.2, 0.25) is 0 Å². The Morgan fingerprint density at radius 2 is 2.00 bits per heavy atom. The van der Waals surface area contributed by atoms with Crippen molar-refractivity contribution in [2.24, 2.45) is 0 Å². The number of carbonyl (C=O) groups is 1. The number of nitro groups is 1. The highest BCUT2D eigenvalue weighted by Crippen LogP contribution is 2.32. The standard InChI is InChI=1S/C17H16N2O6S/c1-26(23,24)16-7-6-11(10-14(16)19(21)22)17(20)18-13-8-9-25-15-5-3-2-4-12(13)15/h2-7,10,13H,8-9H2,1H3,(H,18,20). The van der Waals surface area contributed by atoms with Gasteiger partial charge in [0.25, 0.3) is 11.6 Å². The number of benzene rings is 2. The third-order valence-electron chi connectivity index (χ3n) is 4.08. The summed E-state index contributed by atoms with van der Waals surface area (Å²) in [5.41, 5.74) is 0.231. The van der Waals surface area contributed by atoms with Crippen LogP contribution < -0.4 is 10.1 Å². The summed E-state index contributed by atoms with van der Waals surface area (Å²) in [7, 11) is -3.78. The van der Waals surface area contributed by atoms with E-state index in [-0.39, 0.29) is 11.6 Å². The second-order valence-corrected chi connectivity index (χ2v) is 7.90. The number of fused-ring (bicyclic) bond motifs is 1. The van der Waals surface area contributed by atoms with Gasteiger partial charge in [-0.05, 0) is 18.2 Å². The summed E-state index contributed by atoms with van der Waals surface area (Å²) in [6.45, 7) is 0.440.